The highest BCUT2D eigenvalue weighted by molar-refractivity contribution is 5.87. The smallest absolute Gasteiger partial charge is 0.333 e. The number of hydrogen-bond donors (Lipinski definition) is 1. The van der Waals surface area contributed by atoms with Gasteiger partial charge in [-0.1, -0.05) is 0 Å². The molecule has 1 atom stereocenters. The standard InChI is InChI=1S/C9H17NO3/c1-7(9(12)13-4)5-8(11)6-10(2)3/h5,8,11H,6H2,1-4H3. The topological polar surface area (TPSA) is 49.8 Å². The molecule has 4 nitrogen and oxygen atoms in total. The molecule has 0 radical (unpaired) electrons. The van der Waals surface area contributed by atoms with Crippen LogP contribution in [0.25, 0.3) is 0 Å². The number of esters is 1. The summed E-state index contributed by atoms with van der Waals surface area (Å²) in [5, 5.41) is 9.41. The van der Waals surface area contributed by atoms with Gasteiger partial charge in [0, 0.05) is 12.1 Å². The number of aliphatic hydroxyl groups excluding tert-OH is 1. The minimum absolute atomic E-state index is 0.405. The lowest BCUT2D eigenvalue weighted by atomic mass is 10.2. The molecule has 1 N–H and O–H groups in total. The molecule has 0 aliphatic carbocycles. The maximum Gasteiger partial charge on any atom is 0.333 e. The highest BCUT2D eigenvalue weighted by atomic mass is 16.5. The Morgan fingerprint density at radius 2 is 2.15 bits per heavy atom. The first-order valence-electron chi connectivity index (χ1n) is 4.07. The van der Waals surface area contributed by atoms with Gasteiger partial charge in [-0.2, -0.15) is 0 Å². The van der Waals surface area contributed by atoms with E-state index in [1.807, 2.05) is 19.0 Å². The number of hydrogen-bond acceptors (Lipinski definition) is 4. The molecule has 1 unspecified atom stereocenters. The third-order valence-electron chi connectivity index (χ3n) is 1.50. The van der Waals surface area contributed by atoms with Gasteiger partial charge in [-0.15, -0.1) is 0 Å². The van der Waals surface area contributed by atoms with E-state index in [4.69, 9.17) is 0 Å². The predicted octanol–water partition coefficient (Wildman–Crippen LogP) is 0.0282. The quantitative estimate of drug-likeness (QED) is 0.498. The number of carbonyl (C=O) groups is 1. The van der Waals surface area contributed by atoms with Crippen LogP contribution in [0.2, 0.25) is 0 Å². The van der Waals surface area contributed by atoms with Gasteiger partial charge in [0.1, 0.15) is 0 Å². The van der Waals surface area contributed by atoms with E-state index in [2.05, 4.69) is 4.74 Å². The van der Waals surface area contributed by atoms with Crippen LogP contribution in [0, 0.1) is 0 Å². The minimum atomic E-state index is -0.630. The molecule has 0 bridgehead atoms. The van der Waals surface area contributed by atoms with E-state index in [1.54, 1.807) is 6.92 Å². The summed E-state index contributed by atoms with van der Waals surface area (Å²) in [6.07, 6.45) is 0.861. The molecule has 0 saturated heterocycles. The maximum atomic E-state index is 10.9. The van der Waals surface area contributed by atoms with Crippen molar-refractivity contribution in [1.82, 2.24) is 4.90 Å². The molecule has 0 saturated carbocycles. The van der Waals surface area contributed by atoms with Crippen LogP contribution in [0.3, 0.4) is 0 Å². The number of aliphatic hydroxyl groups is 1. The SMILES string of the molecule is COC(=O)C(C)=CC(O)CN(C)C. The third kappa shape index (κ3) is 5.38. The molecule has 0 spiro atoms. The lowest BCUT2D eigenvalue weighted by Crippen LogP contribution is -2.24. The van der Waals surface area contributed by atoms with Gasteiger partial charge >= 0.3 is 5.97 Å². The normalized spacial score (nSPS) is 14.5. The number of nitrogens with zero attached hydrogens (tertiary/aromatic N) is 1. The summed E-state index contributed by atoms with van der Waals surface area (Å²) in [6, 6.07) is 0. The van der Waals surface area contributed by atoms with Gasteiger partial charge in [0.2, 0.25) is 0 Å². The van der Waals surface area contributed by atoms with Crippen molar-refractivity contribution in [3.8, 4) is 0 Å². The second kappa shape index (κ2) is 5.72. The van der Waals surface area contributed by atoms with Crippen molar-refractivity contribution < 1.29 is 14.6 Å². The molecule has 0 aliphatic heterocycles. The predicted molar refractivity (Wildman–Crippen MR) is 50.3 cm³/mol. The van der Waals surface area contributed by atoms with Crippen LogP contribution >= 0.6 is 0 Å². The van der Waals surface area contributed by atoms with Gasteiger partial charge in [-0.25, -0.2) is 4.79 Å². The first kappa shape index (κ1) is 12.1. The van der Waals surface area contributed by atoms with Crippen LogP contribution in [-0.2, 0) is 9.53 Å². The molecule has 0 aromatic heterocycles. The molecule has 0 aliphatic rings. The molecule has 76 valence electrons. The van der Waals surface area contributed by atoms with Crippen LogP contribution in [0.4, 0.5) is 0 Å². The fraction of sp³-hybridized carbons (Fsp3) is 0.667. The molecule has 0 heterocycles. The molecule has 0 aromatic rings. The van der Waals surface area contributed by atoms with Crippen molar-refractivity contribution in [1.29, 1.82) is 0 Å². The van der Waals surface area contributed by atoms with Gasteiger partial charge in [0.05, 0.1) is 13.2 Å². The Labute approximate surface area is 78.8 Å². The second-order valence-corrected chi connectivity index (χ2v) is 3.17. The lowest BCUT2D eigenvalue weighted by Gasteiger charge is -2.12. The Kier molecular flexibility index (Phi) is 5.34. The van der Waals surface area contributed by atoms with Gasteiger partial charge < -0.3 is 14.7 Å². The molecule has 0 amide bonds. The van der Waals surface area contributed by atoms with E-state index >= 15 is 0 Å². The Balaban J connectivity index is 4.13. The molecule has 0 rings (SSSR count). The summed E-state index contributed by atoms with van der Waals surface area (Å²) < 4.78 is 4.49. The number of likely N-dealkylation sites (N-methyl/N-ethyl adjacent to an activating group) is 1. The highest BCUT2D eigenvalue weighted by Crippen LogP contribution is 1.99. The zero-order chi connectivity index (χ0) is 10.4. The van der Waals surface area contributed by atoms with E-state index in [1.165, 1.54) is 13.2 Å². The molecule has 0 aromatic carbocycles. The highest BCUT2D eigenvalue weighted by Gasteiger charge is 2.07. The summed E-state index contributed by atoms with van der Waals surface area (Å²) in [7, 11) is 5.02. The first-order valence-corrected chi connectivity index (χ1v) is 4.07. The third-order valence-corrected chi connectivity index (χ3v) is 1.50. The van der Waals surface area contributed by atoms with Crippen LogP contribution in [-0.4, -0.2) is 49.8 Å². The fourth-order valence-electron chi connectivity index (χ4n) is 0.944. The van der Waals surface area contributed by atoms with Crippen molar-refractivity contribution in [2.24, 2.45) is 0 Å². The molecule has 4 heteroatoms. The van der Waals surface area contributed by atoms with Gasteiger partial charge in [0.25, 0.3) is 0 Å². The average Bonchev–Trinajstić information content (AvgIpc) is 2.01. The Morgan fingerprint density at radius 3 is 2.54 bits per heavy atom. The van der Waals surface area contributed by atoms with Crippen molar-refractivity contribution >= 4 is 5.97 Å². The molecule has 13 heavy (non-hydrogen) atoms. The van der Waals surface area contributed by atoms with E-state index in [-0.39, 0.29) is 0 Å². The zero-order valence-corrected chi connectivity index (χ0v) is 8.57. The minimum Gasteiger partial charge on any atom is -0.466 e. The fourth-order valence-corrected chi connectivity index (χ4v) is 0.944. The van der Waals surface area contributed by atoms with E-state index < -0.39 is 12.1 Å². The Hall–Kier alpha value is -0.870. The maximum absolute atomic E-state index is 10.9. The Morgan fingerprint density at radius 1 is 1.62 bits per heavy atom. The summed E-state index contributed by atoms with van der Waals surface area (Å²) >= 11 is 0. The molecular formula is C9H17NO3. The number of ether oxygens (including phenoxy) is 1. The van der Waals surface area contributed by atoms with E-state index in [9.17, 15) is 9.90 Å². The van der Waals surface area contributed by atoms with Gasteiger partial charge in [0.15, 0.2) is 0 Å². The number of carbonyl (C=O) groups excluding carboxylic acids is 1. The summed E-state index contributed by atoms with van der Waals surface area (Å²) in [5.74, 6) is -0.405. The molecular weight excluding hydrogens is 170 g/mol. The Bertz CT molecular complexity index is 199. The number of methoxy groups -OCH3 is 1. The average molecular weight is 187 g/mol. The van der Waals surface area contributed by atoms with Crippen LogP contribution < -0.4 is 0 Å². The lowest BCUT2D eigenvalue weighted by molar-refractivity contribution is -0.136. The van der Waals surface area contributed by atoms with E-state index in [0.717, 1.165) is 0 Å². The van der Waals surface area contributed by atoms with E-state index in [0.29, 0.717) is 12.1 Å². The van der Waals surface area contributed by atoms with Crippen molar-refractivity contribution in [2.45, 2.75) is 13.0 Å². The summed E-state index contributed by atoms with van der Waals surface area (Å²) in [4.78, 5) is 12.8. The van der Waals surface area contributed by atoms with Crippen LogP contribution in [0.15, 0.2) is 11.6 Å². The van der Waals surface area contributed by atoms with Gasteiger partial charge in [-0.05, 0) is 27.1 Å². The van der Waals surface area contributed by atoms with Crippen LogP contribution in [0.1, 0.15) is 6.92 Å². The largest absolute Gasteiger partial charge is 0.466 e. The summed E-state index contributed by atoms with van der Waals surface area (Å²) in [6.45, 7) is 2.11. The van der Waals surface area contributed by atoms with Crippen LogP contribution in [0.5, 0.6) is 0 Å². The second-order valence-electron chi connectivity index (χ2n) is 3.17. The van der Waals surface area contributed by atoms with Gasteiger partial charge in [-0.3, -0.25) is 0 Å². The zero-order valence-electron chi connectivity index (χ0n) is 8.57. The van der Waals surface area contributed by atoms with Crippen molar-refractivity contribution in [2.75, 3.05) is 27.7 Å². The number of rotatable bonds is 4. The summed E-state index contributed by atoms with van der Waals surface area (Å²) in [5.41, 5.74) is 0.428. The monoisotopic (exact) mass is 187 g/mol. The van der Waals surface area contributed by atoms with Crippen molar-refractivity contribution in [3.05, 3.63) is 11.6 Å². The first-order chi connectivity index (χ1) is 5.97. The van der Waals surface area contributed by atoms with Crippen molar-refractivity contribution in [3.63, 3.8) is 0 Å². The molecule has 0 fully saturated rings.